The van der Waals surface area contributed by atoms with E-state index in [4.69, 9.17) is 14.2 Å². The molecule has 0 heterocycles. The van der Waals surface area contributed by atoms with Gasteiger partial charge in [-0.25, -0.2) is 0 Å². The van der Waals surface area contributed by atoms with Crippen LogP contribution in [0.25, 0.3) is 0 Å². The zero-order valence-electron chi connectivity index (χ0n) is 13.1. The van der Waals surface area contributed by atoms with Gasteiger partial charge in [0.2, 0.25) is 0 Å². The van der Waals surface area contributed by atoms with Gasteiger partial charge in [-0.15, -0.1) is 0 Å². The monoisotopic (exact) mass is 291 g/mol. The SMILES string of the molecule is COc1cc(OC)c(CNC(C2CC2)C2CC2)c(OC)c1. The van der Waals surface area contributed by atoms with E-state index in [1.165, 1.54) is 25.7 Å². The van der Waals surface area contributed by atoms with Gasteiger partial charge in [0.25, 0.3) is 0 Å². The van der Waals surface area contributed by atoms with Crippen molar-refractivity contribution in [3.05, 3.63) is 17.7 Å². The summed E-state index contributed by atoms with van der Waals surface area (Å²) in [5, 5.41) is 3.75. The Labute approximate surface area is 126 Å². The molecule has 21 heavy (non-hydrogen) atoms. The molecule has 116 valence electrons. The molecule has 0 radical (unpaired) electrons. The second kappa shape index (κ2) is 6.14. The van der Waals surface area contributed by atoms with Crippen molar-refractivity contribution in [2.24, 2.45) is 11.8 Å². The molecule has 4 nitrogen and oxygen atoms in total. The first-order valence-corrected chi connectivity index (χ1v) is 7.79. The lowest BCUT2D eigenvalue weighted by atomic mass is 10.1. The van der Waals surface area contributed by atoms with Gasteiger partial charge in [-0.3, -0.25) is 0 Å². The molecule has 1 N–H and O–H groups in total. The Balaban J connectivity index is 1.76. The van der Waals surface area contributed by atoms with Crippen molar-refractivity contribution in [3.8, 4) is 17.2 Å². The zero-order valence-corrected chi connectivity index (χ0v) is 13.1. The first-order valence-electron chi connectivity index (χ1n) is 7.79. The molecule has 2 aliphatic rings. The average molecular weight is 291 g/mol. The van der Waals surface area contributed by atoms with Crippen molar-refractivity contribution in [2.45, 2.75) is 38.3 Å². The molecule has 2 aliphatic carbocycles. The smallest absolute Gasteiger partial charge is 0.130 e. The predicted octanol–water partition coefficient (Wildman–Crippen LogP) is 2.99. The number of nitrogens with one attached hydrogen (secondary N) is 1. The van der Waals surface area contributed by atoms with Crippen molar-refractivity contribution in [3.63, 3.8) is 0 Å². The van der Waals surface area contributed by atoms with Crippen LogP contribution in [0.4, 0.5) is 0 Å². The Bertz CT molecular complexity index is 458. The average Bonchev–Trinajstić information content (AvgIpc) is 3.39. The van der Waals surface area contributed by atoms with Crippen LogP contribution in [0.15, 0.2) is 12.1 Å². The van der Waals surface area contributed by atoms with Crippen LogP contribution in [0, 0.1) is 11.8 Å². The molecule has 0 bridgehead atoms. The molecule has 0 aliphatic heterocycles. The first-order chi connectivity index (χ1) is 10.3. The van der Waals surface area contributed by atoms with E-state index in [-0.39, 0.29) is 0 Å². The number of hydrogen-bond donors (Lipinski definition) is 1. The number of hydrogen-bond acceptors (Lipinski definition) is 4. The fraction of sp³-hybridized carbons (Fsp3) is 0.647. The minimum atomic E-state index is 0.668. The van der Waals surface area contributed by atoms with E-state index >= 15 is 0 Å². The van der Waals surface area contributed by atoms with Crippen LogP contribution in [0.3, 0.4) is 0 Å². The van der Waals surface area contributed by atoms with E-state index in [2.05, 4.69) is 5.32 Å². The van der Waals surface area contributed by atoms with Gasteiger partial charge in [-0.1, -0.05) is 0 Å². The third-order valence-corrected chi connectivity index (χ3v) is 4.59. The van der Waals surface area contributed by atoms with Crippen molar-refractivity contribution < 1.29 is 14.2 Å². The summed E-state index contributed by atoms with van der Waals surface area (Å²) < 4.78 is 16.3. The summed E-state index contributed by atoms with van der Waals surface area (Å²) in [5.74, 6) is 4.17. The lowest BCUT2D eigenvalue weighted by Crippen LogP contribution is -2.32. The van der Waals surface area contributed by atoms with Crippen LogP contribution < -0.4 is 19.5 Å². The first kappa shape index (κ1) is 14.5. The van der Waals surface area contributed by atoms with Crippen LogP contribution >= 0.6 is 0 Å². The molecule has 0 atom stereocenters. The highest BCUT2D eigenvalue weighted by atomic mass is 16.5. The van der Waals surface area contributed by atoms with Gasteiger partial charge in [0.1, 0.15) is 17.2 Å². The third-order valence-electron chi connectivity index (χ3n) is 4.59. The van der Waals surface area contributed by atoms with Gasteiger partial charge in [-0.05, 0) is 37.5 Å². The van der Waals surface area contributed by atoms with E-state index in [9.17, 15) is 0 Å². The number of methoxy groups -OCH3 is 3. The Morgan fingerprint density at radius 2 is 1.48 bits per heavy atom. The second-order valence-electron chi connectivity index (χ2n) is 6.09. The topological polar surface area (TPSA) is 39.7 Å². The Morgan fingerprint density at radius 1 is 0.952 bits per heavy atom. The van der Waals surface area contributed by atoms with Crippen molar-refractivity contribution in [1.29, 1.82) is 0 Å². The summed E-state index contributed by atoms with van der Waals surface area (Å²) in [7, 11) is 5.04. The van der Waals surface area contributed by atoms with Gasteiger partial charge in [-0.2, -0.15) is 0 Å². The predicted molar refractivity (Wildman–Crippen MR) is 82.2 cm³/mol. The van der Waals surface area contributed by atoms with Crippen LogP contribution in [0.5, 0.6) is 17.2 Å². The van der Waals surface area contributed by atoms with Gasteiger partial charge in [0.05, 0.1) is 26.9 Å². The Hall–Kier alpha value is -1.42. The molecule has 4 heteroatoms. The van der Waals surface area contributed by atoms with Crippen LogP contribution in [-0.4, -0.2) is 27.4 Å². The molecule has 2 fully saturated rings. The summed E-state index contributed by atoms with van der Waals surface area (Å²) in [6, 6.07) is 4.51. The second-order valence-corrected chi connectivity index (χ2v) is 6.09. The van der Waals surface area contributed by atoms with E-state index in [0.717, 1.165) is 41.2 Å². The molecular formula is C17H25NO3. The van der Waals surface area contributed by atoms with Crippen LogP contribution in [0.1, 0.15) is 31.2 Å². The van der Waals surface area contributed by atoms with E-state index in [0.29, 0.717) is 6.04 Å². The minimum absolute atomic E-state index is 0.668. The largest absolute Gasteiger partial charge is 0.496 e. The van der Waals surface area contributed by atoms with Crippen molar-refractivity contribution in [2.75, 3.05) is 21.3 Å². The van der Waals surface area contributed by atoms with Crippen molar-refractivity contribution in [1.82, 2.24) is 5.32 Å². The Kier molecular flexibility index (Phi) is 4.24. The normalized spacial score (nSPS) is 17.9. The van der Waals surface area contributed by atoms with Crippen LogP contribution in [-0.2, 0) is 6.54 Å². The molecule has 2 saturated carbocycles. The standard InChI is InChI=1S/C17H25NO3/c1-19-13-8-15(20-2)14(16(9-13)21-3)10-18-17(11-4-5-11)12-6-7-12/h8-9,11-12,17-18H,4-7,10H2,1-3H3. The summed E-state index contributed by atoms with van der Waals surface area (Å²) in [6.07, 6.45) is 5.52. The van der Waals surface area contributed by atoms with Crippen LogP contribution in [0.2, 0.25) is 0 Å². The molecule has 1 aromatic rings. The Morgan fingerprint density at radius 3 is 1.86 bits per heavy atom. The number of rotatable bonds is 8. The summed E-state index contributed by atoms with van der Waals surface area (Å²) in [6.45, 7) is 0.786. The maximum atomic E-state index is 5.51. The maximum absolute atomic E-state index is 5.51. The lowest BCUT2D eigenvalue weighted by molar-refractivity contribution is 0.357. The summed E-state index contributed by atoms with van der Waals surface area (Å²) >= 11 is 0. The molecule has 0 amide bonds. The van der Waals surface area contributed by atoms with E-state index in [1.807, 2.05) is 12.1 Å². The molecule has 1 aromatic carbocycles. The molecular weight excluding hydrogens is 266 g/mol. The lowest BCUT2D eigenvalue weighted by Gasteiger charge is -2.20. The molecule has 0 saturated heterocycles. The van der Waals surface area contributed by atoms with Gasteiger partial charge < -0.3 is 19.5 Å². The number of benzene rings is 1. The van der Waals surface area contributed by atoms with Gasteiger partial charge in [0.15, 0.2) is 0 Å². The highest BCUT2D eigenvalue weighted by molar-refractivity contribution is 5.50. The molecule has 0 aromatic heterocycles. The summed E-state index contributed by atoms with van der Waals surface area (Å²) in [5.41, 5.74) is 1.08. The molecule has 3 rings (SSSR count). The minimum Gasteiger partial charge on any atom is -0.496 e. The highest BCUT2D eigenvalue weighted by Crippen LogP contribution is 2.45. The maximum Gasteiger partial charge on any atom is 0.130 e. The van der Waals surface area contributed by atoms with E-state index < -0.39 is 0 Å². The third kappa shape index (κ3) is 3.26. The molecule has 0 unspecified atom stereocenters. The summed E-state index contributed by atoms with van der Waals surface area (Å²) in [4.78, 5) is 0. The highest BCUT2D eigenvalue weighted by Gasteiger charge is 2.41. The fourth-order valence-corrected chi connectivity index (χ4v) is 3.10. The number of ether oxygens (including phenoxy) is 3. The van der Waals surface area contributed by atoms with Gasteiger partial charge in [0, 0.05) is 24.7 Å². The van der Waals surface area contributed by atoms with Crippen molar-refractivity contribution >= 4 is 0 Å². The quantitative estimate of drug-likeness (QED) is 0.799. The zero-order chi connectivity index (χ0) is 14.8. The van der Waals surface area contributed by atoms with Gasteiger partial charge >= 0.3 is 0 Å². The fourth-order valence-electron chi connectivity index (χ4n) is 3.10. The van der Waals surface area contributed by atoms with E-state index in [1.54, 1.807) is 21.3 Å². The molecule has 0 spiro atoms.